The summed E-state index contributed by atoms with van der Waals surface area (Å²) in [5.74, 6) is -1.25. The number of amides is 2. The van der Waals surface area contributed by atoms with Gasteiger partial charge in [0.2, 0.25) is 21.8 Å². The molecule has 0 bridgehead atoms. The third kappa shape index (κ3) is 8.96. The van der Waals surface area contributed by atoms with E-state index in [0.29, 0.717) is 27.4 Å². The van der Waals surface area contributed by atoms with E-state index in [9.17, 15) is 31.2 Å². The third-order valence-corrected chi connectivity index (χ3v) is 8.22. The van der Waals surface area contributed by atoms with E-state index in [-0.39, 0.29) is 24.7 Å². The van der Waals surface area contributed by atoms with E-state index in [0.717, 1.165) is 24.0 Å². The Morgan fingerprint density at radius 2 is 1.62 bits per heavy atom. The number of nitrogens with zero attached hydrogens (tertiary/aromatic N) is 2. The number of carbonyl (C=O) groups excluding carboxylic acids is 2. The Bertz CT molecular complexity index is 1490. The fourth-order valence-corrected chi connectivity index (χ4v) is 5.29. The van der Waals surface area contributed by atoms with E-state index in [2.05, 4.69) is 5.32 Å². The van der Waals surface area contributed by atoms with E-state index >= 15 is 0 Å². The summed E-state index contributed by atoms with van der Waals surface area (Å²) in [6.07, 6.45) is -3.20. The second-order valence-electron chi connectivity index (χ2n) is 9.95. The van der Waals surface area contributed by atoms with Crippen LogP contribution in [0.3, 0.4) is 0 Å². The van der Waals surface area contributed by atoms with E-state index in [4.69, 9.17) is 11.6 Å². The first-order valence-electron chi connectivity index (χ1n) is 13.2. The van der Waals surface area contributed by atoms with Gasteiger partial charge in [0, 0.05) is 24.0 Å². The van der Waals surface area contributed by atoms with Crippen LogP contribution in [0.4, 0.5) is 18.9 Å². The van der Waals surface area contributed by atoms with Crippen LogP contribution in [-0.4, -0.2) is 50.0 Å². The van der Waals surface area contributed by atoms with Crippen molar-refractivity contribution in [3.63, 3.8) is 0 Å². The molecule has 0 heterocycles. The molecule has 2 atom stereocenters. The molecule has 0 saturated carbocycles. The van der Waals surface area contributed by atoms with Crippen molar-refractivity contribution in [3.05, 3.63) is 101 Å². The average Bonchev–Trinajstić information content (AvgIpc) is 2.93. The second kappa shape index (κ2) is 14.1. The predicted molar refractivity (Wildman–Crippen MR) is 157 cm³/mol. The largest absolute Gasteiger partial charge is 0.416 e. The lowest BCUT2D eigenvalue weighted by Crippen LogP contribution is -2.54. The number of hydrogen-bond acceptors (Lipinski definition) is 4. The highest BCUT2D eigenvalue weighted by Gasteiger charge is 2.35. The molecule has 2 amide bonds. The van der Waals surface area contributed by atoms with Crippen molar-refractivity contribution in [2.45, 2.75) is 51.5 Å². The lowest BCUT2D eigenvalue weighted by Gasteiger charge is -2.34. The molecule has 0 radical (unpaired) electrons. The Hall–Kier alpha value is -3.57. The minimum atomic E-state index is -4.73. The molecule has 1 N–H and O–H groups in total. The molecule has 0 spiro atoms. The number of carbonyl (C=O) groups is 2. The molecule has 0 aliphatic rings. The molecular weight excluding hydrogens is 591 g/mol. The van der Waals surface area contributed by atoms with Gasteiger partial charge in [0.15, 0.2) is 0 Å². The van der Waals surface area contributed by atoms with Gasteiger partial charge in [-0.25, -0.2) is 8.42 Å². The molecule has 0 aliphatic heterocycles. The number of halogens is 4. The first-order chi connectivity index (χ1) is 19.7. The Kier molecular flexibility index (Phi) is 11.0. The van der Waals surface area contributed by atoms with Gasteiger partial charge in [0.1, 0.15) is 12.6 Å². The molecule has 0 fully saturated rings. The van der Waals surface area contributed by atoms with Crippen molar-refractivity contribution >= 4 is 39.1 Å². The maximum absolute atomic E-state index is 14.0. The molecule has 0 saturated heterocycles. The number of rotatable bonds is 12. The summed E-state index contributed by atoms with van der Waals surface area (Å²) in [6.45, 7) is 2.72. The quantitative estimate of drug-likeness (QED) is 0.281. The molecule has 226 valence electrons. The normalized spacial score (nSPS) is 13.2. The van der Waals surface area contributed by atoms with Crippen LogP contribution in [0.25, 0.3) is 0 Å². The SMILES string of the molecule is CC[C@H](C)NC(=O)[C@H](Cc1ccccc1)N(Cc1ccccc1Cl)C(=O)CN(c1cccc(C(F)(F)F)c1)S(C)(=O)=O. The number of hydrogen-bond donors (Lipinski definition) is 1. The highest BCUT2D eigenvalue weighted by molar-refractivity contribution is 7.92. The van der Waals surface area contributed by atoms with Crippen molar-refractivity contribution in [1.29, 1.82) is 0 Å². The fraction of sp³-hybridized carbons (Fsp3) is 0.333. The molecule has 3 rings (SSSR count). The Labute approximate surface area is 249 Å². The van der Waals surface area contributed by atoms with E-state index in [1.54, 1.807) is 48.5 Å². The maximum atomic E-state index is 14.0. The van der Waals surface area contributed by atoms with Crippen LogP contribution in [0.15, 0.2) is 78.9 Å². The zero-order valence-electron chi connectivity index (χ0n) is 23.4. The third-order valence-electron chi connectivity index (χ3n) is 6.71. The maximum Gasteiger partial charge on any atom is 0.416 e. The van der Waals surface area contributed by atoms with Gasteiger partial charge in [-0.1, -0.05) is 73.1 Å². The molecular formula is C30H33ClF3N3O4S. The number of alkyl halides is 3. The van der Waals surface area contributed by atoms with E-state index in [1.165, 1.54) is 11.0 Å². The minimum Gasteiger partial charge on any atom is -0.352 e. The summed E-state index contributed by atoms with van der Waals surface area (Å²) in [5.41, 5.74) is -0.144. The van der Waals surface area contributed by atoms with Crippen LogP contribution in [0, 0.1) is 0 Å². The van der Waals surface area contributed by atoms with Crippen LogP contribution >= 0.6 is 11.6 Å². The zero-order chi connectivity index (χ0) is 31.1. The number of anilines is 1. The van der Waals surface area contributed by atoms with Gasteiger partial charge in [-0.15, -0.1) is 0 Å². The molecule has 0 aliphatic carbocycles. The summed E-state index contributed by atoms with van der Waals surface area (Å²) < 4.78 is 66.5. The number of benzene rings is 3. The molecule has 7 nitrogen and oxygen atoms in total. The smallest absolute Gasteiger partial charge is 0.352 e. The number of sulfonamides is 1. The summed E-state index contributed by atoms with van der Waals surface area (Å²) in [6, 6.07) is 18.1. The highest BCUT2D eigenvalue weighted by atomic mass is 35.5. The van der Waals surface area contributed by atoms with Crippen molar-refractivity contribution < 1.29 is 31.2 Å². The minimum absolute atomic E-state index is 0.0989. The van der Waals surface area contributed by atoms with Crippen LogP contribution < -0.4 is 9.62 Å². The lowest BCUT2D eigenvalue weighted by atomic mass is 10.0. The topological polar surface area (TPSA) is 86.8 Å². The molecule has 12 heteroatoms. The van der Waals surface area contributed by atoms with Gasteiger partial charge in [-0.3, -0.25) is 13.9 Å². The highest BCUT2D eigenvalue weighted by Crippen LogP contribution is 2.32. The fourth-order valence-electron chi connectivity index (χ4n) is 4.26. The zero-order valence-corrected chi connectivity index (χ0v) is 25.0. The first-order valence-corrected chi connectivity index (χ1v) is 15.5. The van der Waals surface area contributed by atoms with Gasteiger partial charge in [-0.2, -0.15) is 13.2 Å². The standard InChI is InChI=1S/C30H33ClF3N3O4S/c1-4-21(2)35-29(39)27(17-22-11-6-5-7-12-22)36(19-23-13-8-9-16-26(23)31)28(38)20-37(42(3,40)41)25-15-10-14-24(18-25)30(32,33)34/h5-16,18,21,27H,4,17,19-20H2,1-3H3,(H,35,39)/t21-,27-/m0/s1. The van der Waals surface area contributed by atoms with Crippen molar-refractivity contribution in [2.24, 2.45) is 0 Å². The Morgan fingerprint density at radius 3 is 2.21 bits per heavy atom. The van der Waals surface area contributed by atoms with Crippen LogP contribution in [0.5, 0.6) is 0 Å². The van der Waals surface area contributed by atoms with E-state index < -0.39 is 46.2 Å². The first kappa shape index (κ1) is 32.9. The molecule has 3 aromatic carbocycles. The molecule has 0 unspecified atom stereocenters. The second-order valence-corrected chi connectivity index (χ2v) is 12.3. The predicted octanol–water partition coefficient (Wildman–Crippen LogP) is 5.68. The van der Waals surface area contributed by atoms with Crippen molar-refractivity contribution in [1.82, 2.24) is 10.2 Å². The summed E-state index contributed by atoms with van der Waals surface area (Å²) in [7, 11) is -4.23. The molecule has 0 aromatic heterocycles. The molecule has 42 heavy (non-hydrogen) atoms. The van der Waals surface area contributed by atoms with Gasteiger partial charge >= 0.3 is 6.18 Å². The summed E-state index contributed by atoms with van der Waals surface area (Å²) in [4.78, 5) is 28.9. The van der Waals surface area contributed by atoms with Crippen LogP contribution in [-0.2, 0) is 38.8 Å². The van der Waals surface area contributed by atoms with Crippen LogP contribution in [0.1, 0.15) is 37.0 Å². The van der Waals surface area contributed by atoms with Gasteiger partial charge in [0.25, 0.3) is 0 Å². The number of nitrogens with one attached hydrogen (secondary N) is 1. The Morgan fingerprint density at radius 1 is 0.976 bits per heavy atom. The van der Waals surface area contributed by atoms with Crippen LogP contribution in [0.2, 0.25) is 5.02 Å². The van der Waals surface area contributed by atoms with Gasteiger partial charge < -0.3 is 10.2 Å². The lowest BCUT2D eigenvalue weighted by molar-refractivity contribution is -0.140. The van der Waals surface area contributed by atoms with Crippen molar-refractivity contribution in [3.8, 4) is 0 Å². The Balaban J connectivity index is 2.10. The summed E-state index contributed by atoms with van der Waals surface area (Å²) >= 11 is 6.41. The van der Waals surface area contributed by atoms with Crippen molar-refractivity contribution in [2.75, 3.05) is 17.1 Å². The van der Waals surface area contributed by atoms with Gasteiger partial charge in [0.05, 0.1) is 17.5 Å². The van der Waals surface area contributed by atoms with E-state index in [1.807, 2.05) is 19.9 Å². The molecule has 3 aromatic rings. The average molecular weight is 624 g/mol. The summed E-state index contributed by atoms with van der Waals surface area (Å²) in [5, 5.41) is 3.23. The van der Waals surface area contributed by atoms with Gasteiger partial charge in [-0.05, 0) is 48.7 Å². The monoisotopic (exact) mass is 623 g/mol.